The van der Waals surface area contributed by atoms with Crippen LogP contribution in [0.3, 0.4) is 0 Å². The Labute approximate surface area is 143 Å². The SMILES string of the molecule is O=C(NCCC1=CCCCC1)c1ccc(CNC(=O)C2CC2)cc1. The van der Waals surface area contributed by atoms with E-state index in [-0.39, 0.29) is 17.7 Å². The summed E-state index contributed by atoms with van der Waals surface area (Å²) in [6.07, 6.45) is 10.2. The molecule has 128 valence electrons. The van der Waals surface area contributed by atoms with E-state index in [4.69, 9.17) is 0 Å². The summed E-state index contributed by atoms with van der Waals surface area (Å²) in [7, 11) is 0. The minimum atomic E-state index is -0.0278. The number of carbonyl (C=O) groups is 2. The molecule has 2 aliphatic carbocycles. The maximum atomic E-state index is 12.2. The molecule has 1 aromatic carbocycles. The van der Waals surface area contributed by atoms with Crippen molar-refractivity contribution in [3.8, 4) is 0 Å². The van der Waals surface area contributed by atoms with Gasteiger partial charge >= 0.3 is 0 Å². The second kappa shape index (κ2) is 8.13. The molecule has 2 N–H and O–H groups in total. The van der Waals surface area contributed by atoms with Crippen LogP contribution in [0.25, 0.3) is 0 Å². The van der Waals surface area contributed by atoms with Crippen LogP contribution in [0.5, 0.6) is 0 Å². The first-order chi connectivity index (χ1) is 11.7. The second-order valence-corrected chi connectivity index (χ2v) is 6.80. The molecule has 2 aliphatic rings. The number of allylic oxidation sites excluding steroid dienone is 1. The second-order valence-electron chi connectivity index (χ2n) is 6.80. The molecule has 0 radical (unpaired) electrons. The Morgan fingerprint density at radius 3 is 2.50 bits per heavy atom. The highest BCUT2D eigenvalue weighted by atomic mass is 16.2. The van der Waals surface area contributed by atoms with Gasteiger partial charge in [-0.15, -0.1) is 0 Å². The van der Waals surface area contributed by atoms with Gasteiger partial charge in [-0.25, -0.2) is 0 Å². The predicted octanol–water partition coefficient (Wildman–Crippen LogP) is 3.33. The Morgan fingerprint density at radius 2 is 1.83 bits per heavy atom. The molecule has 0 heterocycles. The molecule has 1 saturated carbocycles. The van der Waals surface area contributed by atoms with E-state index in [0.717, 1.165) is 24.8 Å². The number of amides is 2. The Hall–Kier alpha value is -2.10. The van der Waals surface area contributed by atoms with Gasteiger partial charge in [0.2, 0.25) is 5.91 Å². The van der Waals surface area contributed by atoms with Crippen molar-refractivity contribution in [2.75, 3.05) is 6.54 Å². The van der Waals surface area contributed by atoms with Gasteiger partial charge in [0, 0.05) is 24.6 Å². The lowest BCUT2D eigenvalue weighted by Gasteiger charge is -2.13. The topological polar surface area (TPSA) is 58.2 Å². The van der Waals surface area contributed by atoms with Crippen LogP contribution in [0.1, 0.15) is 60.9 Å². The fourth-order valence-electron chi connectivity index (χ4n) is 3.02. The predicted molar refractivity (Wildman–Crippen MR) is 94.5 cm³/mol. The van der Waals surface area contributed by atoms with Crippen LogP contribution in [0.2, 0.25) is 0 Å². The van der Waals surface area contributed by atoms with Gasteiger partial charge < -0.3 is 10.6 Å². The monoisotopic (exact) mass is 326 g/mol. The molecule has 24 heavy (non-hydrogen) atoms. The molecule has 0 aromatic heterocycles. The summed E-state index contributed by atoms with van der Waals surface area (Å²) in [5, 5.41) is 5.92. The van der Waals surface area contributed by atoms with Gasteiger partial charge in [0.25, 0.3) is 5.91 Å². The molecule has 0 saturated heterocycles. The highest BCUT2D eigenvalue weighted by Crippen LogP contribution is 2.28. The molecule has 0 spiro atoms. The molecule has 1 fully saturated rings. The lowest BCUT2D eigenvalue weighted by molar-refractivity contribution is -0.122. The molecular formula is C20H26N2O2. The molecule has 0 aliphatic heterocycles. The van der Waals surface area contributed by atoms with Crippen LogP contribution in [-0.2, 0) is 11.3 Å². The lowest BCUT2D eigenvalue weighted by atomic mass is 9.97. The van der Waals surface area contributed by atoms with E-state index in [1.807, 2.05) is 24.3 Å². The third-order valence-electron chi connectivity index (χ3n) is 4.75. The van der Waals surface area contributed by atoms with E-state index in [2.05, 4.69) is 16.7 Å². The van der Waals surface area contributed by atoms with Crippen molar-refractivity contribution < 1.29 is 9.59 Å². The average molecular weight is 326 g/mol. The number of hydrogen-bond donors (Lipinski definition) is 2. The number of benzene rings is 1. The first-order valence-corrected chi connectivity index (χ1v) is 9.05. The quantitative estimate of drug-likeness (QED) is 0.755. The molecule has 3 rings (SSSR count). The first-order valence-electron chi connectivity index (χ1n) is 9.05. The van der Waals surface area contributed by atoms with E-state index in [1.165, 1.54) is 31.3 Å². The van der Waals surface area contributed by atoms with E-state index in [1.54, 1.807) is 0 Å². The fourth-order valence-corrected chi connectivity index (χ4v) is 3.02. The van der Waals surface area contributed by atoms with Crippen molar-refractivity contribution in [2.45, 2.75) is 51.5 Å². The van der Waals surface area contributed by atoms with Gasteiger partial charge in [0.15, 0.2) is 0 Å². The summed E-state index contributed by atoms with van der Waals surface area (Å²) >= 11 is 0. The Balaban J connectivity index is 1.41. The van der Waals surface area contributed by atoms with Crippen LogP contribution >= 0.6 is 0 Å². The molecule has 0 unspecified atom stereocenters. The van der Waals surface area contributed by atoms with Crippen molar-refractivity contribution in [2.24, 2.45) is 5.92 Å². The molecule has 4 heteroatoms. The standard InChI is InChI=1S/C20H26N2O2/c23-19(21-13-12-15-4-2-1-3-5-15)17-8-6-16(7-9-17)14-22-20(24)18-10-11-18/h4,6-9,18H,1-3,5,10-14H2,(H,21,23)(H,22,24). The van der Waals surface area contributed by atoms with Crippen molar-refractivity contribution in [3.05, 3.63) is 47.0 Å². The van der Waals surface area contributed by atoms with Crippen LogP contribution in [0.4, 0.5) is 0 Å². The van der Waals surface area contributed by atoms with Crippen molar-refractivity contribution >= 4 is 11.8 Å². The summed E-state index contributed by atoms with van der Waals surface area (Å²) in [6, 6.07) is 7.47. The average Bonchev–Trinajstić information content (AvgIpc) is 3.46. The number of rotatable bonds is 7. The minimum Gasteiger partial charge on any atom is -0.352 e. The van der Waals surface area contributed by atoms with Gasteiger partial charge in [-0.2, -0.15) is 0 Å². The Kier molecular flexibility index (Phi) is 5.68. The number of carbonyl (C=O) groups excluding carboxylic acids is 2. The third-order valence-corrected chi connectivity index (χ3v) is 4.75. The van der Waals surface area contributed by atoms with Gasteiger partial charge in [-0.05, 0) is 62.6 Å². The number of hydrogen-bond acceptors (Lipinski definition) is 2. The van der Waals surface area contributed by atoms with Crippen LogP contribution < -0.4 is 10.6 Å². The van der Waals surface area contributed by atoms with Gasteiger partial charge in [-0.3, -0.25) is 9.59 Å². The van der Waals surface area contributed by atoms with Crippen molar-refractivity contribution in [1.82, 2.24) is 10.6 Å². The zero-order valence-electron chi connectivity index (χ0n) is 14.1. The zero-order chi connectivity index (χ0) is 16.8. The maximum absolute atomic E-state index is 12.2. The zero-order valence-corrected chi connectivity index (χ0v) is 14.1. The van der Waals surface area contributed by atoms with Crippen molar-refractivity contribution in [1.29, 1.82) is 0 Å². The van der Waals surface area contributed by atoms with Gasteiger partial charge in [0.05, 0.1) is 0 Å². The highest BCUT2D eigenvalue weighted by molar-refractivity contribution is 5.94. The summed E-state index contributed by atoms with van der Waals surface area (Å²) in [5.41, 5.74) is 3.17. The Bertz CT molecular complexity index is 615. The molecular weight excluding hydrogens is 300 g/mol. The highest BCUT2D eigenvalue weighted by Gasteiger charge is 2.29. The largest absolute Gasteiger partial charge is 0.352 e. The summed E-state index contributed by atoms with van der Waals surface area (Å²) < 4.78 is 0. The van der Waals surface area contributed by atoms with E-state index in [9.17, 15) is 9.59 Å². The molecule has 4 nitrogen and oxygen atoms in total. The summed E-state index contributed by atoms with van der Waals surface area (Å²) in [5.74, 6) is 0.350. The summed E-state index contributed by atoms with van der Waals surface area (Å²) in [6.45, 7) is 1.23. The first kappa shape index (κ1) is 16.7. The lowest BCUT2D eigenvalue weighted by Crippen LogP contribution is -2.25. The molecule has 2 amide bonds. The maximum Gasteiger partial charge on any atom is 0.251 e. The minimum absolute atomic E-state index is 0.0278. The van der Waals surface area contributed by atoms with E-state index in [0.29, 0.717) is 18.7 Å². The van der Waals surface area contributed by atoms with E-state index >= 15 is 0 Å². The van der Waals surface area contributed by atoms with Gasteiger partial charge in [0.1, 0.15) is 0 Å². The Morgan fingerprint density at radius 1 is 1.04 bits per heavy atom. The molecule has 1 aromatic rings. The fraction of sp³-hybridized carbons (Fsp3) is 0.500. The van der Waals surface area contributed by atoms with Crippen LogP contribution in [-0.4, -0.2) is 18.4 Å². The van der Waals surface area contributed by atoms with Crippen molar-refractivity contribution in [3.63, 3.8) is 0 Å². The van der Waals surface area contributed by atoms with E-state index < -0.39 is 0 Å². The smallest absolute Gasteiger partial charge is 0.251 e. The summed E-state index contributed by atoms with van der Waals surface area (Å²) in [4.78, 5) is 23.8. The third kappa shape index (κ3) is 4.95. The normalized spacial score (nSPS) is 17.1. The molecule has 0 bridgehead atoms. The molecule has 0 atom stereocenters. The van der Waals surface area contributed by atoms with Crippen LogP contribution in [0.15, 0.2) is 35.9 Å². The van der Waals surface area contributed by atoms with Gasteiger partial charge in [-0.1, -0.05) is 23.8 Å². The van der Waals surface area contributed by atoms with Crippen LogP contribution in [0, 0.1) is 5.92 Å². The number of nitrogens with one attached hydrogen (secondary N) is 2.